The Bertz CT molecular complexity index is 788. The smallest absolute Gasteiger partial charge is 0.321 e. The highest BCUT2D eigenvalue weighted by molar-refractivity contribution is 7.22. The second-order valence-corrected chi connectivity index (χ2v) is 5.78. The number of urea groups is 1. The Kier molecular flexibility index (Phi) is 4.29. The molecule has 3 rings (SSSR count). The lowest BCUT2D eigenvalue weighted by atomic mass is 10.1. The molecule has 0 unspecified atom stereocenters. The molecule has 4 nitrogen and oxygen atoms in total. The van der Waals surface area contributed by atoms with Crippen LogP contribution in [0, 0.1) is 5.82 Å². The van der Waals surface area contributed by atoms with Gasteiger partial charge < -0.3 is 5.32 Å². The molecule has 112 valence electrons. The van der Waals surface area contributed by atoms with Crippen LogP contribution in [0.3, 0.4) is 0 Å². The number of amides is 2. The number of carbonyl (C=O) groups excluding carboxylic acids is 1. The number of fused-ring (bicyclic) bond motifs is 1. The number of anilines is 1. The van der Waals surface area contributed by atoms with Crippen LogP contribution in [0.15, 0.2) is 48.5 Å². The molecule has 2 amide bonds. The quantitative estimate of drug-likeness (QED) is 0.769. The van der Waals surface area contributed by atoms with Gasteiger partial charge in [-0.05, 0) is 30.2 Å². The third-order valence-corrected chi connectivity index (χ3v) is 4.05. The summed E-state index contributed by atoms with van der Waals surface area (Å²) in [6.45, 7) is 0.537. The van der Waals surface area contributed by atoms with Crippen LogP contribution >= 0.6 is 11.3 Å². The van der Waals surface area contributed by atoms with Crippen LogP contribution in [0.25, 0.3) is 10.2 Å². The van der Waals surface area contributed by atoms with E-state index in [-0.39, 0.29) is 11.8 Å². The SMILES string of the molecule is O=C(NCCc1ccccc1)Nc1nc2ccc(F)cc2s1. The Morgan fingerprint density at radius 2 is 2.00 bits per heavy atom. The zero-order chi connectivity index (χ0) is 15.4. The number of hydrogen-bond donors (Lipinski definition) is 2. The minimum Gasteiger partial charge on any atom is -0.337 e. The zero-order valence-electron chi connectivity index (χ0n) is 11.7. The van der Waals surface area contributed by atoms with Gasteiger partial charge in [-0.2, -0.15) is 0 Å². The highest BCUT2D eigenvalue weighted by Crippen LogP contribution is 2.26. The average Bonchev–Trinajstić information content (AvgIpc) is 2.89. The van der Waals surface area contributed by atoms with E-state index in [9.17, 15) is 9.18 Å². The summed E-state index contributed by atoms with van der Waals surface area (Å²) in [6.07, 6.45) is 0.763. The van der Waals surface area contributed by atoms with Gasteiger partial charge in [0.05, 0.1) is 10.2 Å². The van der Waals surface area contributed by atoms with Crippen molar-refractivity contribution in [3.63, 3.8) is 0 Å². The summed E-state index contributed by atoms with van der Waals surface area (Å²) in [7, 11) is 0. The fourth-order valence-electron chi connectivity index (χ4n) is 2.06. The Labute approximate surface area is 131 Å². The van der Waals surface area contributed by atoms with E-state index in [1.807, 2.05) is 30.3 Å². The van der Waals surface area contributed by atoms with Gasteiger partial charge >= 0.3 is 6.03 Å². The fraction of sp³-hybridized carbons (Fsp3) is 0.125. The molecule has 0 saturated carbocycles. The molecule has 0 aliphatic heterocycles. The zero-order valence-corrected chi connectivity index (χ0v) is 12.5. The van der Waals surface area contributed by atoms with E-state index in [2.05, 4.69) is 15.6 Å². The molecular weight excluding hydrogens is 301 g/mol. The number of nitrogens with one attached hydrogen (secondary N) is 2. The Hall–Kier alpha value is -2.47. The molecule has 0 spiro atoms. The normalized spacial score (nSPS) is 10.6. The molecule has 1 aromatic heterocycles. The fourth-order valence-corrected chi connectivity index (χ4v) is 2.94. The first-order valence-electron chi connectivity index (χ1n) is 6.85. The van der Waals surface area contributed by atoms with Crippen molar-refractivity contribution in [2.45, 2.75) is 6.42 Å². The molecule has 0 aliphatic rings. The van der Waals surface area contributed by atoms with Crippen LogP contribution in [0.2, 0.25) is 0 Å². The predicted octanol–water partition coefficient (Wildman–Crippen LogP) is 3.80. The van der Waals surface area contributed by atoms with Gasteiger partial charge in [0.2, 0.25) is 0 Å². The lowest BCUT2D eigenvalue weighted by Gasteiger charge is -2.05. The van der Waals surface area contributed by atoms with Gasteiger partial charge in [0.1, 0.15) is 5.82 Å². The van der Waals surface area contributed by atoms with Crippen LogP contribution in [-0.4, -0.2) is 17.6 Å². The van der Waals surface area contributed by atoms with E-state index >= 15 is 0 Å². The van der Waals surface area contributed by atoms with Crippen molar-refractivity contribution in [3.8, 4) is 0 Å². The van der Waals surface area contributed by atoms with Gasteiger partial charge in [-0.3, -0.25) is 5.32 Å². The second kappa shape index (κ2) is 6.53. The van der Waals surface area contributed by atoms with Crippen LogP contribution in [-0.2, 0) is 6.42 Å². The van der Waals surface area contributed by atoms with Crippen molar-refractivity contribution in [2.24, 2.45) is 0 Å². The largest absolute Gasteiger partial charge is 0.337 e. The van der Waals surface area contributed by atoms with Crippen molar-refractivity contribution in [2.75, 3.05) is 11.9 Å². The maximum absolute atomic E-state index is 13.1. The van der Waals surface area contributed by atoms with E-state index in [4.69, 9.17) is 0 Å². The molecule has 3 aromatic rings. The molecule has 0 fully saturated rings. The number of thiazole rings is 1. The predicted molar refractivity (Wildman–Crippen MR) is 86.7 cm³/mol. The van der Waals surface area contributed by atoms with Gasteiger partial charge in [0, 0.05) is 6.54 Å². The van der Waals surface area contributed by atoms with Gasteiger partial charge in [-0.25, -0.2) is 14.2 Å². The first-order valence-corrected chi connectivity index (χ1v) is 7.67. The first kappa shape index (κ1) is 14.5. The summed E-state index contributed by atoms with van der Waals surface area (Å²) in [5.41, 5.74) is 1.84. The van der Waals surface area contributed by atoms with Crippen molar-refractivity contribution in [1.82, 2.24) is 10.3 Å². The minimum absolute atomic E-state index is 0.310. The van der Waals surface area contributed by atoms with Gasteiger partial charge in [-0.1, -0.05) is 41.7 Å². The van der Waals surface area contributed by atoms with Gasteiger partial charge in [0.25, 0.3) is 0 Å². The number of aromatic nitrogens is 1. The number of halogens is 1. The van der Waals surface area contributed by atoms with Crippen molar-refractivity contribution >= 4 is 32.7 Å². The summed E-state index contributed by atoms with van der Waals surface area (Å²) in [5, 5.41) is 5.91. The number of hydrogen-bond acceptors (Lipinski definition) is 3. The molecule has 6 heteroatoms. The maximum Gasteiger partial charge on any atom is 0.321 e. The van der Waals surface area contributed by atoms with Gasteiger partial charge in [0.15, 0.2) is 5.13 Å². The van der Waals surface area contributed by atoms with Crippen LogP contribution in [0.1, 0.15) is 5.56 Å². The monoisotopic (exact) mass is 315 g/mol. The standard InChI is InChI=1S/C16H14FN3OS/c17-12-6-7-13-14(10-12)22-16(19-13)20-15(21)18-9-8-11-4-2-1-3-5-11/h1-7,10H,8-9H2,(H2,18,19,20,21). The van der Waals surface area contributed by atoms with E-state index in [1.165, 1.54) is 29.0 Å². The highest BCUT2D eigenvalue weighted by atomic mass is 32.1. The second-order valence-electron chi connectivity index (χ2n) is 4.75. The van der Waals surface area contributed by atoms with E-state index in [0.717, 1.165) is 6.42 Å². The average molecular weight is 315 g/mol. The highest BCUT2D eigenvalue weighted by Gasteiger charge is 2.08. The van der Waals surface area contributed by atoms with Crippen molar-refractivity contribution in [3.05, 3.63) is 59.9 Å². The molecule has 0 saturated heterocycles. The van der Waals surface area contributed by atoms with E-state index in [1.54, 1.807) is 6.07 Å². The molecule has 1 heterocycles. The van der Waals surface area contributed by atoms with E-state index < -0.39 is 0 Å². The molecule has 2 N–H and O–H groups in total. The van der Waals surface area contributed by atoms with Crippen LogP contribution < -0.4 is 10.6 Å². The third-order valence-electron chi connectivity index (χ3n) is 3.11. The van der Waals surface area contributed by atoms with Gasteiger partial charge in [-0.15, -0.1) is 0 Å². The summed E-state index contributed by atoms with van der Waals surface area (Å²) >= 11 is 1.25. The maximum atomic E-state index is 13.1. The molecule has 22 heavy (non-hydrogen) atoms. The molecule has 2 aromatic carbocycles. The molecule has 0 aliphatic carbocycles. The summed E-state index contributed by atoms with van der Waals surface area (Å²) < 4.78 is 13.8. The summed E-state index contributed by atoms with van der Waals surface area (Å²) in [4.78, 5) is 16.1. The Morgan fingerprint density at radius 3 is 2.82 bits per heavy atom. The topological polar surface area (TPSA) is 54.0 Å². The Balaban J connectivity index is 1.54. The lowest BCUT2D eigenvalue weighted by molar-refractivity contribution is 0.252. The lowest BCUT2D eigenvalue weighted by Crippen LogP contribution is -2.30. The van der Waals surface area contributed by atoms with Crippen LogP contribution in [0.4, 0.5) is 14.3 Å². The van der Waals surface area contributed by atoms with Crippen molar-refractivity contribution in [1.29, 1.82) is 0 Å². The number of benzene rings is 2. The third kappa shape index (κ3) is 3.59. The first-order chi connectivity index (χ1) is 10.7. The van der Waals surface area contributed by atoms with Crippen molar-refractivity contribution < 1.29 is 9.18 Å². The molecule has 0 atom stereocenters. The molecular formula is C16H14FN3OS. The number of rotatable bonds is 4. The minimum atomic E-state index is -0.310. The summed E-state index contributed by atoms with van der Waals surface area (Å²) in [5.74, 6) is -0.310. The number of nitrogens with zero attached hydrogens (tertiary/aromatic N) is 1. The Morgan fingerprint density at radius 1 is 1.18 bits per heavy atom. The molecule has 0 radical (unpaired) electrons. The summed E-state index contributed by atoms with van der Waals surface area (Å²) in [6, 6.07) is 14.0. The number of carbonyl (C=O) groups is 1. The van der Waals surface area contributed by atoms with Crippen LogP contribution in [0.5, 0.6) is 0 Å². The molecule has 0 bridgehead atoms. The van der Waals surface area contributed by atoms with E-state index in [0.29, 0.717) is 21.9 Å².